The molecule has 0 aromatic rings. The van der Waals surface area contributed by atoms with E-state index in [1.165, 1.54) is 6.42 Å². The first-order chi connectivity index (χ1) is 4.18. The fourth-order valence-electron chi connectivity index (χ4n) is 0.285. The van der Waals surface area contributed by atoms with Crippen molar-refractivity contribution in [2.45, 2.75) is 34.1 Å². The molecule has 0 aliphatic heterocycles. The van der Waals surface area contributed by atoms with Crippen molar-refractivity contribution in [1.29, 1.82) is 0 Å². The summed E-state index contributed by atoms with van der Waals surface area (Å²) in [7, 11) is 0. The van der Waals surface area contributed by atoms with E-state index in [0.29, 0.717) is 0 Å². The second kappa shape index (κ2) is 10.5. The average molecular weight is 126 g/mol. The van der Waals surface area contributed by atoms with E-state index in [2.05, 4.69) is 20.4 Å². The maximum absolute atomic E-state index is 3.66. The molecule has 0 bridgehead atoms. The highest BCUT2D eigenvalue weighted by Crippen LogP contribution is 1.85. The van der Waals surface area contributed by atoms with Gasteiger partial charge in [-0.1, -0.05) is 44.6 Å². The average Bonchev–Trinajstić information content (AvgIpc) is 1.67. The van der Waals surface area contributed by atoms with Crippen LogP contribution in [-0.2, 0) is 0 Å². The van der Waals surface area contributed by atoms with Gasteiger partial charge in [-0.05, 0) is 13.8 Å². The van der Waals surface area contributed by atoms with E-state index >= 15 is 0 Å². The lowest BCUT2D eigenvalue weighted by Gasteiger charge is -1.75. The normalized spacial score (nSPS) is 8.44. The Morgan fingerprint density at radius 2 is 1.78 bits per heavy atom. The van der Waals surface area contributed by atoms with Crippen molar-refractivity contribution in [3.05, 3.63) is 24.3 Å². The molecule has 0 heterocycles. The predicted molar refractivity (Wildman–Crippen MR) is 45.6 cm³/mol. The molecule has 0 radical (unpaired) electrons. The molecule has 0 aliphatic rings. The van der Waals surface area contributed by atoms with Gasteiger partial charge in [0, 0.05) is 0 Å². The zero-order valence-corrected chi connectivity index (χ0v) is 7.07. The summed E-state index contributed by atoms with van der Waals surface area (Å²) in [6.07, 6.45) is 5.20. The highest BCUT2D eigenvalue weighted by atomic mass is 13.7. The van der Waals surface area contributed by atoms with Crippen molar-refractivity contribution in [3.63, 3.8) is 0 Å². The van der Waals surface area contributed by atoms with Crippen molar-refractivity contribution >= 4 is 0 Å². The van der Waals surface area contributed by atoms with Crippen LogP contribution in [0.4, 0.5) is 0 Å². The van der Waals surface area contributed by atoms with Crippen LogP contribution in [0.1, 0.15) is 34.1 Å². The Morgan fingerprint density at radius 3 is 1.78 bits per heavy atom. The monoisotopic (exact) mass is 126 g/mol. The first-order valence-corrected chi connectivity index (χ1v) is 3.47. The summed E-state index contributed by atoms with van der Waals surface area (Å²) >= 11 is 0. The van der Waals surface area contributed by atoms with Crippen LogP contribution in [0.5, 0.6) is 0 Å². The highest BCUT2D eigenvalue weighted by Gasteiger charge is 1.63. The zero-order valence-electron chi connectivity index (χ0n) is 7.07. The van der Waals surface area contributed by atoms with Gasteiger partial charge in [0.2, 0.25) is 0 Å². The minimum absolute atomic E-state index is 1.11. The molecule has 54 valence electrons. The van der Waals surface area contributed by atoms with Gasteiger partial charge in [-0.25, -0.2) is 0 Å². The fourth-order valence-corrected chi connectivity index (χ4v) is 0.285. The van der Waals surface area contributed by atoms with Crippen LogP contribution in [0.3, 0.4) is 0 Å². The predicted octanol–water partition coefficient (Wildman–Crippen LogP) is 3.55. The molecule has 0 saturated heterocycles. The van der Waals surface area contributed by atoms with Gasteiger partial charge in [-0.2, -0.15) is 0 Å². The molecule has 0 aromatic carbocycles. The Kier molecular flexibility index (Phi) is 13.1. The molecule has 0 fully saturated rings. The quantitative estimate of drug-likeness (QED) is 0.471. The molecule has 0 unspecified atom stereocenters. The van der Waals surface area contributed by atoms with Gasteiger partial charge in [-0.15, -0.1) is 0 Å². The molecule has 0 heteroatoms. The second-order valence-corrected chi connectivity index (χ2v) is 2.05. The molecule has 0 amide bonds. The van der Waals surface area contributed by atoms with Gasteiger partial charge in [0.25, 0.3) is 0 Å². The molecule has 0 spiro atoms. The maximum atomic E-state index is 3.66. The zero-order chi connectivity index (χ0) is 7.70. The van der Waals surface area contributed by atoms with E-state index in [4.69, 9.17) is 0 Å². The lowest BCUT2D eigenvalue weighted by Crippen LogP contribution is -1.54. The van der Waals surface area contributed by atoms with Gasteiger partial charge in [0.1, 0.15) is 0 Å². The van der Waals surface area contributed by atoms with Gasteiger partial charge in [0.05, 0.1) is 0 Å². The Morgan fingerprint density at radius 1 is 1.44 bits per heavy atom. The van der Waals surface area contributed by atoms with Crippen molar-refractivity contribution < 1.29 is 0 Å². The molecule has 0 rings (SSSR count). The minimum Gasteiger partial charge on any atom is -0.0961 e. The third kappa shape index (κ3) is 36.5. The molecule has 0 aromatic heterocycles. The second-order valence-electron chi connectivity index (χ2n) is 2.05. The van der Waals surface area contributed by atoms with Gasteiger partial charge >= 0.3 is 0 Å². The molecule has 0 aliphatic carbocycles. The van der Waals surface area contributed by atoms with Gasteiger partial charge in [0.15, 0.2) is 0 Å². The standard InChI is InChI=1S/C6H10.C3H8/c1-4-5-6(2)3;1-3-2/h4-5H,2H2,1,3H3;3H2,1-2H3/b5-4-;. The topological polar surface area (TPSA) is 0 Å². The van der Waals surface area contributed by atoms with Crippen molar-refractivity contribution in [2.75, 3.05) is 0 Å². The van der Waals surface area contributed by atoms with Crippen LogP contribution in [0, 0.1) is 0 Å². The number of hydrogen-bond acceptors (Lipinski definition) is 0. The van der Waals surface area contributed by atoms with Crippen molar-refractivity contribution in [2.24, 2.45) is 0 Å². The summed E-state index contributed by atoms with van der Waals surface area (Å²) in [6, 6.07) is 0. The molecule has 0 nitrogen and oxygen atoms in total. The van der Waals surface area contributed by atoms with Crippen LogP contribution in [0.25, 0.3) is 0 Å². The Bertz CT molecular complexity index is 78.0. The van der Waals surface area contributed by atoms with Gasteiger partial charge in [-0.3, -0.25) is 0 Å². The van der Waals surface area contributed by atoms with E-state index in [1.807, 2.05) is 26.0 Å². The van der Waals surface area contributed by atoms with E-state index < -0.39 is 0 Å². The van der Waals surface area contributed by atoms with E-state index in [9.17, 15) is 0 Å². The van der Waals surface area contributed by atoms with Gasteiger partial charge < -0.3 is 0 Å². The Labute approximate surface area is 59.3 Å². The number of allylic oxidation sites excluding steroid dienone is 3. The van der Waals surface area contributed by atoms with Crippen LogP contribution in [0.2, 0.25) is 0 Å². The SMILES string of the molecule is C=C(C)/C=C\C.CCC. The third-order valence-corrected chi connectivity index (χ3v) is 0.451. The van der Waals surface area contributed by atoms with E-state index in [0.717, 1.165) is 5.57 Å². The first kappa shape index (κ1) is 11.3. The maximum Gasteiger partial charge on any atom is -0.0404 e. The molecule has 9 heavy (non-hydrogen) atoms. The van der Waals surface area contributed by atoms with Crippen molar-refractivity contribution in [3.8, 4) is 0 Å². The lowest BCUT2D eigenvalue weighted by molar-refractivity contribution is 1.09. The van der Waals surface area contributed by atoms with Crippen LogP contribution in [-0.4, -0.2) is 0 Å². The highest BCUT2D eigenvalue weighted by molar-refractivity contribution is 5.09. The Hall–Kier alpha value is -0.520. The summed E-state index contributed by atoms with van der Waals surface area (Å²) < 4.78 is 0. The molecule has 0 saturated carbocycles. The summed E-state index contributed by atoms with van der Waals surface area (Å²) in [5.41, 5.74) is 1.11. The molecular weight excluding hydrogens is 108 g/mol. The van der Waals surface area contributed by atoms with E-state index in [-0.39, 0.29) is 0 Å². The number of rotatable bonds is 1. The largest absolute Gasteiger partial charge is 0.0961 e. The van der Waals surface area contributed by atoms with Crippen molar-refractivity contribution in [1.82, 2.24) is 0 Å². The van der Waals surface area contributed by atoms with Crippen LogP contribution < -0.4 is 0 Å². The molecule has 0 atom stereocenters. The summed E-state index contributed by atoms with van der Waals surface area (Å²) in [5, 5.41) is 0. The first-order valence-electron chi connectivity index (χ1n) is 3.47. The molecule has 0 N–H and O–H groups in total. The lowest BCUT2D eigenvalue weighted by atomic mass is 10.3. The summed E-state index contributed by atoms with van der Waals surface area (Å²) in [5.74, 6) is 0. The van der Waals surface area contributed by atoms with Crippen LogP contribution >= 0.6 is 0 Å². The summed E-state index contributed by atoms with van der Waals surface area (Å²) in [6.45, 7) is 11.9. The minimum atomic E-state index is 1.11. The fraction of sp³-hybridized carbons (Fsp3) is 0.556. The summed E-state index contributed by atoms with van der Waals surface area (Å²) in [4.78, 5) is 0. The third-order valence-electron chi connectivity index (χ3n) is 0.451. The Balaban J connectivity index is 0. The van der Waals surface area contributed by atoms with Crippen LogP contribution in [0.15, 0.2) is 24.3 Å². The smallest absolute Gasteiger partial charge is 0.0404 e. The number of hydrogen-bond donors (Lipinski definition) is 0. The molecular formula is C9H18. The van der Waals surface area contributed by atoms with E-state index in [1.54, 1.807) is 0 Å².